The van der Waals surface area contributed by atoms with Crippen LogP contribution in [-0.2, 0) is 10.0 Å². The molecule has 0 saturated carbocycles. The SMILES string of the molecule is NS(=O)(=O)c1ccc(F)c(NO)c1. The molecule has 0 aliphatic carbocycles. The Morgan fingerprint density at radius 2 is 2.08 bits per heavy atom. The van der Waals surface area contributed by atoms with Gasteiger partial charge in [0.2, 0.25) is 10.0 Å². The molecule has 1 aromatic rings. The number of benzene rings is 1. The Morgan fingerprint density at radius 3 is 2.54 bits per heavy atom. The van der Waals surface area contributed by atoms with E-state index in [0.29, 0.717) is 0 Å². The molecule has 72 valence electrons. The smallest absolute Gasteiger partial charge is 0.238 e. The highest BCUT2D eigenvalue weighted by Crippen LogP contribution is 2.17. The summed E-state index contributed by atoms with van der Waals surface area (Å²) in [6.45, 7) is 0. The maximum atomic E-state index is 12.7. The number of halogens is 1. The van der Waals surface area contributed by atoms with Gasteiger partial charge in [-0.1, -0.05) is 0 Å². The maximum Gasteiger partial charge on any atom is 0.238 e. The lowest BCUT2D eigenvalue weighted by Crippen LogP contribution is -2.12. The van der Waals surface area contributed by atoms with Crippen LogP contribution in [0.5, 0.6) is 0 Å². The number of nitrogens with two attached hydrogens (primary N) is 1. The van der Waals surface area contributed by atoms with Gasteiger partial charge in [-0.2, -0.15) is 0 Å². The van der Waals surface area contributed by atoms with E-state index in [0.717, 1.165) is 18.2 Å². The fourth-order valence-electron chi connectivity index (χ4n) is 0.767. The van der Waals surface area contributed by atoms with Gasteiger partial charge in [-0.25, -0.2) is 17.9 Å². The van der Waals surface area contributed by atoms with Gasteiger partial charge in [0.15, 0.2) is 0 Å². The molecule has 7 heteroatoms. The molecule has 0 amide bonds. The number of anilines is 1. The lowest BCUT2D eigenvalue weighted by Gasteiger charge is -2.02. The lowest BCUT2D eigenvalue weighted by molar-refractivity contribution is 0.384. The Bertz CT molecular complexity index is 418. The second kappa shape index (κ2) is 3.29. The maximum absolute atomic E-state index is 12.7. The van der Waals surface area contributed by atoms with Gasteiger partial charge in [0.05, 0.1) is 10.6 Å². The first-order chi connectivity index (χ1) is 5.95. The molecule has 0 spiro atoms. The van der Waals surface area contributed by atoms with E-state index >= 15 is 0 Å². The average Bonchev–Trinajstić information content (AvgIpc) is 2.03. The van der Waals surface area contributed by atoms with E-state index in [1.807, 2.05) is 0 Å². The van der Waals surface area contributed by atoms with Crippen LogP contribution in [0.4, 0.5) is 10.1 Å². The molecule has 13 heavy (non-hydrogen) atoms. The zero-order chi connectivity index (χ0) is 10.1. The van der Waals surface area contributed by atoms with Gasteiger partial charge in [0.25, 0.3) is 0 Å². The molecular formula is C6H7FN2O3S. The molecule has 0 fully saturated rings. The van der Waals surface area contributed by atoms with Crippen molar-refractivity contribution in [3.63, 3.8) is 0 Å². The van der Waals surface area contributed by atoms with E-state index in [2.05, 4.69) is 0 Å². The minimum Gasteiger partial charge on any atom is -0.291 e. The van der Waals surface area contributed by atoms with Gasteiger partial charge in [0.1, 0.15) is 5.82 Å². The molecular weight excluding hydrogens is 199 g/mol. The summed E-state index contributed by atoms with van der Waals surface area (Å²) in [5.74, 6) is -0.769. The third-order valence-corrected chi connectivity index (χ3v) is 2.30. The van der Waals surface area contributed by atoms with E-state index in [9.17, 15) is 12.8 Å². The number of hydrogen-bond donors (Lipinski definition) is 3. The molecule has 0 bridgehead atoms. The van der Waals surface area contributed by atoms with Crippen molar-refractivity contribution in [1.29, 1.82) is 0 Å². The minimum absolute atomic E-state index is 0.273. The molecule has 0 atom stereocenters. The van der Waals surface area contributed by atoms with E-state index in [1.54, 1.807) is 0 Å². The van der Waals surface area contributed by atoms with Crippen LogP contribution in [0.3, 0.4) is 0 Å². The highest BCUT2D eigenvalue weighted by molar-refractivity contribution is 7.89. The number of primary sulfonamides is 1. The normalized spacial score (nSPS) is 11.3. The second-order valence-electron chi connectivity index (χ2n) is 2.30. The van der Waals surface area contributed by atoms with Crippen LogP contribution >= 0.6 is 0 Å². The highest BCUT2D eigenvalue weighted by atomic mass is 32.2. The summed E-state index contributed by atoms with van der Waals surface area (Å²) in [5, 5.41) is 13.2. The Kier molecular flexibility index (Phi) is 2.50. The van der Waals surface area contributed by atoms with Gasteiger partial charge < -0.3 is 0 Å². The molecule has 1 rings (SSSR count). The van der Waals surface area contributed by atoms with E-state index in [4.69, 9.17) is 10.3 Å². The third-order valence-electron chi connectivity index (χ3n) is 1.39. The Labute approximate surface area is 74.0 Å². The average molecular weight is 206 g/mol. The van der Waals surface area contributed by atoms with Crippen LogP contribution in [0.15, 0.2) is 23.1 Å². The zero-order valence-electron chi connectivity index (χ0n) is 6.36. The lowest BCUT2D eigenvalue weighted by atomic mass is 10.3. The zero-order valence-corrected chi connectivity index (χ0v) is 7.18. The minimum atomic E-state index is -3.87. The van der Waals surface area contributed by atoms with Gasteiger partial charge in [-0.3, -0.25) is 10.7 Å². The van der Waals surface area contributed by atoms with Crippen LogP contribution in [-0.4, -0.2) is 13.6 Å². The molecule has 0 radical (unpaired) electrons. The number of sulfonamides is 1. The van der Waals surface area contributed by atoms with Gasteiger partial charge in [-0.05, 0) is 18.2 Å². The summed E-state index contributed by atoms with van der Waals surface area (Å²) >= 11 is 0. The van der Waals surface area contributed by atoms with Crippen molar-refractivity contribution in [2.75, 3.05) is 5.48 Å². The molecule has 0 unspecified atom stereocenters. The van der Waals surface area contributed by atoms with E-state index < -0.39 is 15.8 Å². The number of rotatable bonds is 2. The van der Waals surface area contributed by atoms with Gasteiger partial charge >= 0.3 is 0 Å². The van der Waals surface area contributed by atoms with Crippen molar-refractivity contribution in [2.24, 2.45) is 5.14 Å². The Morgan fingerprint density at radius 1 is 1.46 bits per heavy atom. The van der Waals surface area contributed by atoms with Crippen molar-refractivity contribution in [1.82, 2.24) is 0 Å². The summed E-state index contributed by atoms with van der Waals surface area (Å²) in [7, 11) is -3.87. The van der Waals surface area contributed by atoms with Gasteiger partial charge in [0, 0.05) is 0 Å². The first kappa shape index (κ1) is 9.90. The van der Waals surface area contributed by atoms with Crippen molar-refractivity contribution in [3.05, 3.63) is 24.0 Å². The number of hydrogen-bond acceptors (Lipinski definition) is 4. The largest absolute Gasteiger partial charge is 0.291 e. The molecule has 5 nitrogen and oxygen atoms in total. The summed E-state index contributed by atoms with van der Waals surface area (Å²) in [6.07, 6.45) is 0. The second-order valence-corrected chi connectivity index (χ2v) is 3.86. The monoisotopic (exact) mass is 206 g/mol. The first-order valence-electron chi connectivity index (χ1n) is 3.17. The van der Waals surface area contributed by atoms with Gasteiger partial charge in [-0.15, -0.1) is 0 Å². The predicted molar refractivity (Wildman–Crippen MR) is 43.2 cm³/mol. The molecule has 1 aromatic carbocycles. The standard InChI is InChI=1S/C6H7FN2O3S/c7-5-2-1-4(13(8,11)12)3-6(5)9-10/h1-3,9-10H,(H2,8,11,12). The highest BCUT2D eigenvalue weighted by Gasteiger charge is 2.10. The molecule has 0 heterocycles. The molecule has 0 aliphatic rings. The summed E-state index contributed by atoms with van der Waals surface area (Å²) in [5.41, 5.74) is 1.17. The van der Waals surface area contributed by atoms with Crippen LogP contribution in [0.1, 0.15) is 0 Å². The Balaban J connectivity index is 3.30. The van der Waals surface area contributed by atoms with Crippen molar-refractivity contribution < 1.29 is 18.0 Å². The third kappa shape index (κ3) is 2.14. The molecule has 0 aliphatic heterocycles. The van der Waals surface area contributed by atoms with Crippen LogP contribution < -0.4 is 10.6 Å². The summed E-state index contributed by atoms with van der Waals surface area (Å²) in [6, 6.07) is 2.79. The molecule has 4 N–H and O–H groups in total. The quantitative estimate of drug-likeness (QED) is 0.606. The van der Waals surface area contributed by atoms with E-state index in [1.165, 1.54) is 5.48 Å². The predicted octanol–water partition coefficient (Wildman–Crippen LogP) is 0.274. The van der Waals surface area contributed by atoms with Crippen molar-refractivity contribution in [2.45, 2.75) is 4.90 Å². The molecule has 0 aromatic heterocycles. The molecule has 0 saturated heterocycles. The number of nitrogens with one attached hydrogen (secondary N) is 1. The topological polar surface area (TPSA) is 92.4 Å². The Hall–Kier alpha value is -1.18. The van der Waals surface area contributed by atoms with Crippen molar-refractivity contribution in [3.8, 4) is 0 Å². The first-order valence-corrected chi connectivity index (χ1v) is 4.72. The van der Waals surface area contributed by atoms with Crippen LogP contribution in [0.25, 0.3) is 0 Å². The van der Waals surface area contributed by atoms with Crippen LogP contribution in [0, 0.1) is 5.82 Å². The summed E-state index contributed by atoms with van der Waals surface area (Å²) < 4.78 is 34.2. The van der Waals surface area contributed by atoms with Crippen LogP contribution in [0.2, 0.25) is 0 Å². The fourth-order valence-corrected chi connectivity index (χ4v) is 1.31. The van der Waals surface area contributed by atoms with E-state index in [-0.39, 0.29) is 10.6 Å². The summed E-state index contributed by atoms with van der Waals surface area (Å²) in [4.78, 5) is -0.273. The fraction of sp³-hybridized carbons (Fsp3) is 0. The van der Waals surface area contributed by atoms with Crippen molar-refractivity contribution >= 4 is 15.7 Å².